The van der Waals surface area contributed by atoms with Crippen LogP contribution in [0.2, 0.25) is 0 Å². The van der Waals surface area contributed by atoms with Crippen molar-refractivity contribution in [2.45, 2.75) is 50.9 Å². The third-order valence-electron chi connectivity index (χ3n) is 3.83. The molecule has 1 saturated carbocycles. The van der Waals surface area contributed by atoms with Crippen LogP contribution < -0.4 is 10.9 Å². The number of anilines is 1. The van der Waals surface area contributed by atoms with E-state index in [1.54, 1.807) is 17.0 Å². The maximum atomic E-state index is 12.2. The lowest BCUT2D eigenvalue weighted by Gasteiger charge is -2.19. The number of halogens is 1. The Bertz CT molecular complexity index is 466. The van der Waals surface area contributed by atoms with Gasteiger partial charge in [0.15, 0.2) is 5.82 Å². The first kappa shape index (κ1) is 14.4. The quantitative estimate of drug-likeness (QED) is 0.783. The summed E-state index contributed by atoms with van der Waals surface area (Å²) in [5, 5.41) is 3.14. The summed E-state index contributed by atoms with van der Waals surface area (Å²) in [6.07, 6.45) is 7.75. The van der Waals surface area contributed by atoms with Gasteiger partial charge in [0.1, 0.15) is 0 Å². The minimum atomic E-state index is -0.0292. The van der Waals surface area contributed by atoms with E-state index in [2.05, 4.69) is 24.1 Å². The summed E-state index contributed by atoms with van der Waals surface area (Å²) in [5.74, 6) is 0.898. The molecule has 1 heterocycles. The Kier molecular flexibility index (Phi) is 4.86. The van der Waals surface area contributed by atoms with Crippen LogP contribution in [0.4, 0.5) is 5.82 Å². The van der Waals surface area contributed by atoms with Crippen molar-refractivity contribution in [1.82, 2.24) is 9.55 Å². The molecule has 2 rings (SSSR count). The molecule has 106 valence electrons. The Morgan fingerprint density at radius 3 is 2.74 bits per heavy atom. The second-order valence-electron chi connectivity index (χ2n) is 5.19. The first-order valence-electron chi connectivity index (χ1n) is 7.12. The second-order valence-corrected chi connectivity index (χ2v) is 5.75. The Labute approximate surface area is 119 Å². The van der Waals surface area contributed by atoms with Gasteiger partial charge in [-0.15, -0.1) is 11.6 Å². The molecule has 0 aliphatic heterocycles. The summed E-state index contributed by atoms with van der Waals surface area (Å²) < 4.78 is 1.77. The van der Waals surface area contributed by atoms with Gasteiger partial charge in [-0.05, 0) is 18.8 Å². The van der Waals surface area contributed by atoms with E-state index in [0.717, 1.165) is 25.7 Å². The molecule has 1 aromatic heterocycles. The van der Waals surface area contributed by atoms with E-state index >= 15 is 0 Å². The van der Waals surface area contributed by atoms with Crippen molar-refractivity contribution in [3.63, 3.8) is 0 Å². The molecule has 0 bridgehead atoms. The fraction of sp³-hybridized carbons (Fsp3) is 0.714. The topological polar surface area (TPSA) is 46.9 Å². The zero-order chi connectivity index (χ0) is 13.8. The molecule has 0 radical (unpaired) electrons. The number of nitrogens with one attached hydrogen (secondary N) is 1. The van der Waals surface area contributed by atoms with Crippen LogP contribution in [0.15, 0.2) is 17.2 Å². The van der Waals surface area contributed by atoms with Crippen molar-refractivity contribution >= 4 is 17.4 Å². The molecule has 1 fully saturated rings. The lowest BCUT2D eigenvalue weighted by atomic mass is 9.99. The molecule has 4 nitrogen and oxygen atoms in total. The van der Waals surface area contributed by atoms with Crippen LogP contribution in [0.3, 0.4) is 0 Å². The van der Waals surface area contributed by atoms with Gasteiger partial charge in [0.2, 0.25) is 0 Å². The zero-order valence-electron chi connectivity index (χ0n) is 11.6. The van der Waals surface area contributed by atoms with Crippen LogP contribution in [-0.2, 0) is 0 Å². The summed E-state index contributed by atoms with van der Waals surface area (Å²) >= 11 is 6.36. The molecular formula is C14H22ClN3O. The first-order chi connectivity index (χ1) is 9.17. The first-order valence-corrected chi connectivity index (χ1v) is 7.56. The highest BCUT2D eigenvalue weighted by Crippen LogP contribution is 2.33. The van der Waals surface area contributed by atoms with Crippen LogP contribution in [0.25, 0.3) is 0 Å². The van der Waals surface area contributed by atoms with Gasteiger partial charge in [-0.1, -0.05) is 26.7 Å². The molecule has 1 atom stereocenters. The minimum absolute atomic E-state index is 0.0292. The highest BCUT2D eigenvalue weighted by atomic mass is 35.5. The highest BCUT2D eigenvalue weighted by Gasteiger charge is 2.25. The Balaban J connectivity index is 1.99. The largest absolute Gasteiger partial charge is 0.364 e. The van der Waals surface area contributed by atoms with Crippen molar-refractivity contribution in [2.24, 2.45) is 5.92 Å². The van der Waals surface area contributed by atoms with E-state index in [0.29, 0.717) is 24.3 Å². The van der Waals surface area contributed by atoms with Gasteiger partial charge in [-0.2, -0.15) is 0 Å². The molecule has 1 aliphatic rings. The second kappa shape index (κ2) is 6.42. The summed E-state index contributed by atoms with van der Waals surface area (Å²) in [4.78, 5) is 16.3. The van der Waals surface area contributed by atoms with Gasteiger partial charge in [0.25, 0.3) is 5.56 Å². The predicted octanol–water partition coefficient (Wildman–Crippen LogP) is 3.03. The van der Waals surface area contributed by atoms with Gasteiger partial charge in [0.05, 0.1) is 5.38 Å². The summed E-state index contributed by atoms with van der Waals surface area (Å²) in [5.41, 5.74) is -0.0292. The fourth-order valence-corrected chi connectivity index (χ4v) is 2.78. The molecular weight excluding hydrogens is 262 g/mol. The number of aromatic nitrogens is 2. The Morgan fingerprint density at radius 2 is 2.16 bits per heavy atom. The summed E-state index contributed by atoms with van der Waals surface area (Å²) in [6, 6.07) is 0.377. The van der Waals surface area contributed by atoms with E-state index in [1.807, 2.05) is 0 Å². The number of nitrogens with zero attached hydrogens (tertiary/aromatic N) is 2. The molecule has 1 aromatic rings. The van der Waals surface area contributed by atoms with Crippen LogP contribution in [0.1, 0.15) is 45.6 Å². The molecule has 1 N–H and O–H groups in total. The maximum Gasteiger partial charge on any atom is 0.293 e. The number of alkyl halides is 1. The number of hydrogen-bond donors (Lipinski definition) is 1. The Hall–Kier alpha value is -1.03. The van der Waals surface area contributed by atoms with E-state index in [9.17, 15) is 4.79 Å². The normalized spacial score (nSPS) is 16.6. The van der Waals surface area contributed by atoms with Gasteiger partial charge in [-0.3, -0.25) is 4.79 Å². The average molecular weight is 284 g/mol. The highest BCUT2D eigenvalue weighted by molar-refractivity contribution is 6.21. The summed E-state index contributed by atoms with van der Waals surface area (Å²) in [6.45, 7) is 4.87. The molecule has 1 unspecified atom stereocenters. The fourth-order valence-electron chi connectivity index (χ4n) is 2.35. The van der Waals surface area contributed by atoms with Crippen molar-refractivity contribution in [2.75, 3.05) is 11.9 Å². The molecule has 0 amide bonds. The average Bonchev–Trinajstić information content (AvgIpc) is 3.23. The van der Waals surface area contributed by atoms with Crippen molar-refractivity contribution in [3.8, 4) is 0 Å². The van der Waals surface area contributed by atoms with Gasteiger partial charge < -0.3 is 9.88 Å². The van der Waals surface area contributed by atoms with Gasteiger partial charge in [0, 0.05) is 25.0 Å². The van der Waals surface area contributed by atoms with Crippen molar-refractivity contribution in [3.05, 3.63) is 22.7 Å². The third kappa shape index (κ3) is 3.50. The minimum Gasteiger partial charge on any atom is -0.364 e. The van der Waals surface area contributed by atoms with E-state index in [4.69, 9.17) is 11.6 Å². The van der Waals surface area contributed by atoms with Crippen LogP contribution in [0, 0.1) is 5.92 Å². The SMILES string of the molecule is CCC(CC)C(Cl)CNc1nccn(C2CC2)c1=O. The lowest BCUT2D eigenvalue weighted by molar-refractivity contribution is 0.475. The molecule has 1 aliphatic carbocycles. The third-order valence-corrected chi connectivity index (χ3v) is 4.34. The monoisotopic (exact) mass is 283 g/mol. The van der Waals surface area contributed by atoms with Gasteiger partial charge >= 0.3 is 0 Å². The van der Waals surface area contributed by atoms with Crippen LogP contribution in [-0.4, -0.2) is 21.5 Å². The Morgan fingerprint density at radius 1 is 1.47 bits per heavy atom. The zero-order valence-corrected chi connectivity index (χ0v) is 12.4. The van der Waals surface area contributed by atoms with E-state index in [-0.39, 0.29) is 10.9 Å². The summed E-state index contributed by atoms with van der Waals surface area (Å²) in [7, 11) is 0. The lowest BCUT2D eigenvalue weighted by Crippen LogP contribution is -2.28. The number of hydrogen-bond acceptors (Lipinski definition) is 3. The predicted molar refractivity (Wildman–Crippen MR) is 79.0 cm³/mol. The van der Waals surface area contributed by atoms with Crippen LogP contribution >= 0.6 is 11.6 Å². The smallest absolute Gasteiger partial charge is 0.293 e. The maximum absolute atomic E-state index is 12.2. The molecule has 0 saturated heterocycles. The molecule has 0 aromatic carbocycles. The van der Waals surface area contributed by atoms with E-state index < -0.39 is 0 Å². The van der Waals surface area contributed by atoms with Crippen molar-refractivity contribution < 1.29 is 0 Å². The standard InChI is InChI=1S/C14H22ClN3O/c1-3-10(4-2)12(15)9-17-13-14(19)18(8-7-16-13)11-5-6-11/h7-8,10-12H,3-6,9H2,1-2H3,(H,16,17). The van der Waals surface area contributed by atoms with Crippen molar-refractivity contribution in [1.29, 1.82) is 0 Å². The number of rotatable bonds is 7. The van der Waals surface area contributed by atoms with Gasteiger partial charge in [-0.25, -0.2) is 4.98 Å². The van der Waals surface area contributed by atoms with E-state index in [1.165, 1.54) is 0 Å². The molecule has 0 spiro atoms. The molecule has 5 heteroatoms. The molecule has 19 heavy (non-hydrogen) atoms. The van der Waals surface area contributed by atoms with Crippen LogP contribution in [0.5, 0.6) is 0 Å².